The van der Waals surface area contributed by atoms with E-state index in [9.17, 15) is 8.42 Å². The van der Waals surface area contributed by atoms with Crippen LogP contribution in [-0.2, 0) is 10.0 Å². The van der Waals surface area contributed by atoms with E-state index in [-0.39, 0.29) is 9.92 Å². The van der Waals surface area contributed by atoms with Crippen LogP contribution in [0, 0.1) is 17.2 Å². The highest BCUT2D eigenvalue weighted by Gasteiger charge is 2.22. The molecule has 1 fully saturated rings. The van der Waals surface area contributed by atoms with E-state index in [2.05, 4.69) is 4.72 Å². The summed E-state index contributed by atoms with van der Waals surface area (Å²) in [4.78, 5) is 0.0267. The lowest BCUT2D eigenvalue weighted by Crippen LogP contribution is -2.29. The van der Waals surface area contributed by atoms with Crippen molar-refractivity contribution in [1.82, 2.24) is 4.72 Å². The lowest BCUT2D eigenvalue weighted by molar-refractivity contribution is 0.546. The van der Waals surface area contributed by atoms with Crippen LogP contribution in [0.2, 0.25) is 5.02 Å². The summed E-state index contributed by atoms with van der Waals surface area (Å²) in [5, 5.41) is 8.80. The van der Waals surface area contributed by atoms with Gasteiger partial charge >= 0.3 is 0 Å². The monoisotopic (exact) mass is 316 g/mol. The normalized spacial score (nSPS) is 19.3. The molecule has 4 nitrogen and oxygen atoms in total. The number of rotatable bonds is 4. The Morgan fingerprint density at radius 3 is 2.89 bits per heavy atom. The molecule has 0 amide bonds. The Balaban J connectivity index is 2.12. The minimum Gasteiger partial charge on any atom is -0.211 e. The summed E-state index contributed by atoms with van der Waals surface area (Å²) in [6.45, 7) is 0.436. The Hall–Kier alpha value is -0.740. The molecule has 0 radical (unpaired) electrons. The Morgan fingerprint density at radius 1 is 1.53 bits per heavy atom. The number of nitrogens with zero attached hydrogens (tertiary/aromatic N) is 1. The summed E-state index contributed by atoms with van der Waals surface area (Å²) in [5.41, 5.74) is 0.344. The third kappa shape index (κ3) is 3.63. The van der Waals surface area contributed by atoms with Crippen LogP contribution in [0.25, 0.3) is 0 Å². The first-order valence-electron chi connectivity index (χ1n) is 5.80. The van der Waals surface area contributed by atoms with E-state index < -0.39 is 10.0 Å². The van der Waals surface area contributed by atoms with E-state index in [1.165, 1.54) is 18.2 Å². The maximum Gasteiger partial charge on any atom is 0.242 e. The lowest BCUT2D eigenvalue weighted by atomic mass is 10.1. The molecule has 0 saturated carbocycles. The average molecular weight is 317 g/mol. The number of thioether (sulfide) groups is 1. The molecule has 0 spiro atoms. The van der Waals surface area contributed by atoms with Crippen LogP contribution >= 0.6 is 23.4 Å². The van der Waals surface area contributed by atoms with Gasteiger partial charge in [0, 0.05) is 6.54 Å². The van der Waals surface area contributed by atoms with Gasteiger partial charge in [-0.3, -0.25) is 0 Å². The van der Waals surface area contributed by atoms with Crippen molar-refractivity contribution in [1.29, 1.82) is 5.26 Å². The van der Waals surface area contributed by atoms with Gasteiger partial charge in [0.1, 0.15) is 4.90 Å². The van der Waals surface area contributed by atoms with Gasteiger partial charge in [-0.2, -0.15) is 17.0 Å². The molecule has 1 saturated heterocycles. The second kappa shape index (κ2) is 6.14. The van der Waals surface area contributed by atoms with Crippen LogP contribution in [0.5, 0.6) is 0 Å². The molecule has 1 aromatic carbocycles. The fourth-order valence-corrected chi connectivity index (χ4v) is 4.78. The van der Waals surface area contributed by atoms with E-state index in [0.717, 1.165) is 17.9 Å². The van der Waals surface area contributed by atoms with E-state index >= 15 is 0 Å². The molecular formula is C12H13ClN2O2S2. The Kier molecular flexibility index (Phi) is 4.74. The van der Waals surface area contributed by atoms with Crippen LogP contribution < -0.4 is 4.72 Å². The lowest BCUT2D eigenvalue weighted by Gasteiger charge is -2.11. The van der Waals surface area contributed by atoms with Crippen molar-refractivity contribution >= 4 is 33.4 Å². The molecule has 0 aromatic heterocycles. The molecule has 102 valence electrons. The maximum absolute atomic E-state index is 12.1. The molecule has 1 unspecified atom stereocenters. The van der Waals surface area contributed by atoms with Crippen LogP contribution in [0.4, 0.5) is 0 Å². The van der Waals surface area contributed by atoms with Crippen LogP contribution in [-0.4, -0.2) is 26.5 Å². The molecule has 1 aromatic rings. The highest BCUT2D eigenvalue weighted by molar-refractivity contribution is 7.99. The standard InChI is InChI=1S/C12H13ClN2O2S2/c13-11-5-9(6-14)1-2-12(11)19(16,17)15-7-10-3-4-18-8-10/h1-2,5,10,15H,3-4,7-8H2. The van der Waals surface area contributed by atoms with Crippen molar-refractivity contribution in [2.45, 2.75) is 11.3 Å². The second-order valence-corrected chi connectivity index (χ2v) is 7.63. The van der Waals surface area contributed by atoms with Gasteiger partial charge in [-0.05, 0) is 42.0 Å². The van der Waals surface area contributed by atoms with Gasteiger partial charge in [-0.15, -0.1) is 0 Å². The minimum atomic E-state index is -3.60. The predicted octanol–water partition coefficient (Wildman–Crippen LogP) is 2.24. The van der Waals surface area contributed by atoms with Gasteiger partial charge in [-0.25, -0.2) is 13.1 Å². The Labute approximate surface area is 122 Å². The molecule has 0 bridgehead atoms. The first-order valence-corrected chi connectivity index (χ1v) is 8.81. The first kappa shape index (κ1) is 14.7. The second-order valence-electron chi connectivity index (χ2n) is 4.34. The molecule has 0 aliphatic carbocycles. The number of nitrogens with one attached hydrogen (secondary N) is 1. The minimum absolute atomic E-state index is 0.0267. The van der Waals surface area contributed by atoms with Crippen molar-refractivity contribution in [3.8, 4) is 6.07 Å². The molecule has 1 N–H and O–H groups in total. The number of hydrogen-bond donors (Lipinski definition) is 1. The predicted molar refractivity (Wildman–Crippen MR) is 76.8 cm³/mol. The molecule has 7 heteroatoms. The number of sulfonamides is 1. The van der Waals surface area contributed by atoms with Crippen molar-refractivity contribution in [2.24, 2.45) is 5.92 Å². The average Bonchev–Trinajstić information content (AvgIpc) is 2.89. The first-order chi connectivity index (χ1) is 9.03. The molecular weight excluding hydrogens is 304 g/mol. The van der Waals surface area contributed by atoms with Gasteiger partial charge in [0.15, 0.2) is 0 Å². The third-order valence-corrected chi connectivity index (χ3v) is 6.07. The maximum atomic E-state index is 12.1. The largest absolute Gasteiger partial charge is 0.242 e. The van der Waals surface area contributed by atoms with Gasteiger partial charge in [-0.1, -0.05) is 11.6 Å². The van der Waals surface area contributed by atoms with E-state index in [4.69, 9.17) is 16.9 Å². The summed E-state index contributed by atoms with van der Waals surface area (Å²) < 4.78 is 26.8. The van der Waals surface area contributed by atoms with E-state index in [1.807, 2.05) is 17.8 Å². The summed E-state index contributed by atoms with van der Waals surface area (Å²) in [6.07, 6.45) is 1.04. The van der Waals surface area contributed by atoms with Crippen molar-refractivity contribution in [2.75, 3.05) is 18.1 Å². The quantitative estimate of drug-likeness (QED) is 0.925. The Morgan fingerprint density at radius 2 is 2.32 bits per heavy atom. The zero-order chi connectivity index (χ0) is 13.9. The zero-order valence-electron chi connectivity index (χ0n) is 10.1. The highest BCUT2D eigenvalue weighted by atomic mass is 35.5. The molecule has 1 aliphatic rings. The molecule has 19 heavy (non-hydrogen) atoms. The molecule has 2 rings (SSSR count). The fourth-order valence-electron chi connectivity index (χ4n) is 1.84. The van der Waals surface area contributed by atoms with E-state index in [1.54, 1.807) is 0 Å². The number of nitriles is 1. The smallest absolute Gasteiger partial charge is 0.211 e. The van der Waals surface area contributed by atoms with Crippen LogP contribution in [0.1, 0.15) is 12.0 Å². The van der Waals surface area contributed by atoms with Gasteiger partial charge < -0.3 is 0 Å². The molecule has 1 aliphatic heterocycles. The van der Waals surface area contributed by atoms with Crippen molar-refractivity contribution < 1.29 is 8.42 Å². The summed E-state index contributed by atoms with van der Waals surface area (Å²) in [6, 6.07) is 6.10. The number of halogens is 1. The molecule has 1 heterocycles. The fraction of sp³-hybridized carbons (Fsp3) is 0.417. The van der Waals surface area contributed by atoms with Crippen LogP contribution in [0.3, 0.4) is 0 Å². The summed E-state index contributed by atoms with van der Waals surface area (Å²) in [5.74, 6) is 2.46. The van der Waals surface area contributed by atoms with Gasteiger partial charge in [0.25, 0.3) is 0 Å². The van der Waals surface area contributed by atoms with E-state index in [0.29, 0.717) is 18.0 Å². The van der Waals surface area contributed by atoms with Crippen LogP contribution in [0.15, 0.2) is 23.1 Å². The summed E-state index contributed by atoms with van der Waals surface area (Å²) >= 11 is 7.75. The third-order valence-electron chi connectivity index (χ3n) is 2.94. The SMILES string of the molecule is N#Cc1ccc(S(=O)(=O)NCC2CCSC2)c(Cl)c1. The van der Waals surface area contributed by atoms with Crippen molar-refractivity contribution in [3.63, 3.8) is 0 Å². The Bertz CT molecular complexity index is 605. The highest BCUT2D eigenvalue weighted by Crippen LogP contribution is 2.25. The summed E-state index contributed by atoms with van der Waals surface area (Å²) in [7, 11) is -3.60. The number of benzene rings is 1. The van der Waals surface area contributed by atoms with Gasteiger partial charge in [0.05, 0.1) is 16.7 Å². The van der Waals surface area contributed by atoms with Gasteiger partial charge in [0.2, 0.25) is 10.0 Å². The molecule has 1 atom stereocenters. The zero-order valence-corrected chi connectivity index (χ0v) is 12.5. The van der Waals surface area contributed by atoms with Crippen molar-refractivity contribution in [3.05, 3.63) is 28.8 Å². The topological polar surface area (TPSA) is 70.0 Å². The number of hydrogen-bond acceptors (Lipinski definition) is 4.